The molecule has 1 heterocycles. The maximum absolute atomic E-state index is 12.6. The topological polar surface area (TPSA) is 95.9 Å². The number of ether oxygens (including phenoxy) is 1. The predicted octanol–water partition coefficient (Wildman–Crippen LogP) is 0.411. The molecule has 0 aromatic carbocycles. The lowest BCUT2D eigenvalue weighted by molar-refractivity contribution is -0.162. The van der Waals surface area contributed by atoms with Crippen molar-refractivity contribution >= 4 is 17.9 Å². The fourth-order valence-electron chi connectivity index (χ4n) is 3.01. The number of methoxy groups -OCH3 is 1. The third kappa shape index (κ3) is 2.74. The van der Waals surface area contributed by atoms with Crippen LogP contribution in [0.3, 0.4) is 0 Å². The molecule has 21 heavy (non-hydrogen) atoms. The Morgan fingerprint density at radius 1 is 1.48 bits per heavy atom. The Bertz CT molecular complexity index is 466. The number of imide groups is 1. The third-order valence-electron chi connectivity index (χ3n) is 4.46. The number of hydrogen-bond donors (Lipinski definition) is 2. The maximum Gasteiger partial charge on any atom is 0.339 e. The van der Waals surface area contributed by atoms with Crippen LogP contribution in [0.2, 0.25) is 0 Å². The van der Waals surface area contributed by atoms with E-state index in [1.54, 1.807) is 0 Å². The summed E-state index contributed by atoms with van der Waals surface area (Å²) in [6.07, 6.45) is 2.92. The molecule has 2 rings (SSSR count). The van der Waals surface area contributed by atoms with Crippen LogP contribution in [0.25, 0.3) is 0 Å². The van der Waals surface area contributed by atoms with Gasteiger partial charge in [0.25, 0.3) is 5.91 Å². The van der Waals surface area contributed by atoms with Crippen molar-refractivity contribution in [3.63, 3.8) is 0 Å². The van der Waals surface area contributed by atoms with E-state index < -0.39 is 29.7 Å². The SMILES string of the molecule is COC(=O)C(C)(O)CN1C(=O)NC2(CCC(C)CC2)C1=O. The normalized spacial score (nSPS) is 32.0. The molecule has 1 saturated carbocycles. The van der Waals surface area contributed by atoms with Crippen LogP contribution in [-0.4, -0.2) is 52.7 Å². The highest BCUT2D eigenvalue weighted by atomic mass is 16.5. The van der Waals surface area contributed by atoms with E-state index in [-0.39, 0.29) is 5.91 Å². The molecule has 1 aliphatic heterocycles. The van der Waals surface area contributed by atoms with E-state index in [0.717, 1.165) is 24.9 Å². The van der Waals surface area contributed by atoms with Gasteiger partial charge < -0.3 is 15.2 Å². The molecule has 0 aromatic heterocycles. The van der Waals surface area contributed by atoms with Crippen LogP contribution in [0.15, 0.2) is 0 Å². The van der Waals surface area contributed by atoms with Gasteiger partial charge in [-0.05, 0) is 38.5 Å². The van der Waals surface area contributed by atoms with Crippen molar-refractivity contribution < 1.29 is 24.2 Å². The summed E-state index contributed by atoms with van der Waals surface area (Å²) in [7, 11) is 1.15. The molecule has 0 bridgehead atoms. The number of carbonyl (C=O) groups excluding carboxylic acids is 3. The van der Waals surface area contributed by atoms with E-state index in [2.05, 4.69) is 17.0 Å². The molecule has 1 atom stereocenters. The summed E-state index contributed by atoms with van der Waals surface area (Å²) in [5, 5.41) is 12.8. The molecular formula is C14H22N2O5. The lowest BCUT2D eigenvalue weighted by atomic mass is 9.77. The Morgan fingerprint density at radius 2 is 2.05 bits per heavy atom. The van der Waals surface area contributed by atoms with Crippen molar-refractivity contribution in [2.24, 2.45) is 5.92 Å². The quantitative estimate of drug-likeness (QED) is 0.581. The highest BCUT2D eigenvalue weighted by Crippen LogP contribution is 2.36. The number of β-amino-alcohol motifs (C(OH)–C–C–N with tert-alkyl or cyclic N) is 1. The number of carbonyl (C=O) groups is 3. The summed E-state index contributed by atoms with van der Waals surface area (Å²) in [6.45, 7) is 2.95. The van der Waals surface area contributed by atoms with E-state index in [1.165, 1.54) is 6.92 Å². The molecule has 2 fully saturated rings. The first-order chi connectivity index (χ1) is 9.72. The molecule has 2 aliphatic rings. The van der Waals surface area contributed by atoms with Gasteiger partial charge in [-0.2, -0.15) is 0 Å². The van der Waals surface area contributed by atoms with Gasteiger partial charge >= 0.3 is 12.0 Å². The average Bonchev–Trinajstić information content (AvgIpc) is 2.66. The van der Waals surface area contributed by atoms with E-state index in [0.29, 0.717) is 18.8 Å². The van der Waals surface area contributed by atoms with Crippen LogP contribution in [0.1, 0.15) is 39.5 Å². The van der Waals surface area contributed by atoms with E-state index in [4.69, 9.17) is 0 Å². The largest absolute Gasteiger partial charge is 0.467 e. The van der Waals surface area contributed by atoms with Gasteiger partial charge in [0.1, 0.15) is 5.54 Å². The standard InChI is InChI=1S/C14H22N2O5/c1-9-4-6-14(7-5-9)10(17)16(12(19)15-14)8-13(2,20)11(18)21-3/h9,20H,4-8H2,1-3H3,(H,15,19). The van der Waals surface area contributed by atoms with Gasteiger partial charge in [-0.25, -0.2) is 9.59 Å². The Hall–Kier alpha value is -1.63. The number of rotatable bonds is 3. The smallest absolute Gasteiger partial charge is 0.339 e. The summed E-state index contributed by atoms with van der Waals surface area (Å²) >= 11 is 0. The Balaban J connectivity index is 2.14. The first-order valence-corrected chi connectivity index (χ1v) is 7.17. The van der Waals surface area contributed by atoms with Gasteiger partial charge in [0.2, 0.25) is 0 Å². The van der Waals surface area contributed by atoms with Gasteiger partial charge in [-0.15, -0.1) is 0 Å². The van der Waals surface area contributed by atoms with Crippen molar-refractivity contribution in [1.29, 1.82) is 0 Å². The molecule has 7 nitrogen and oxygen atoms in total. The number of nitrogens with one attached hydrogen (secondary N) is 1. The fourth-order valence-corrected chi connectivity index (χ4v) is 3.01. The summed E-state index contributed by atoms with van der Waals surface area (Å²) in [6, 6.07) is -0.557. The van der Waals surface area contributed by atoms with E-state index >= 15 is 0 Å². The third-order valence-corrected chi connectivity index (χ3v) is 4.46. The fraction of sp³-hybridized carbons (Fsp3) is 0.786. The van der Waals surface area contributed by atoms with Crippen molar-refractivity contribution in [2.45, 2.75) is 50.7 Å². The molecule has 1 spiro atoms. The van der Waals surface area contributed by atoms with Crippen LogP contribution in [0.4, 0.5) is 4.79 Å². The summed E-state index contributed by atoms with van der Waals surface area (Å²) in [5.41, 5.74) is -2.77. The van der Waals surface area contributed by atoms with Gasteiger partial charge in [-0.1, -0.05) is 6.92 Å². The highest BCUT2D eigenvalue weighted by molar-refractivity contribution is 6.07. The van der Waals surface area contributed by atoms with Crippen LogP contribution in [0.5, 0.6) is 0 Å². The zero-order valence-corrected chi connectivity index (χ0v) is 12.6. The minimum atomic E-state index is -1.91. The van der Waals surface area contributed by atoms with E-state index in [1.807, 2.05) is 0 Å². The van der Waals surface area contributed by atoms with Crippen LogP contribution in [0, 0.1) is 5.92 Å². The van der Waals surface area contributed by atoms with Crippen molar-refractivity contribution in [3.05, 3.63) is 0 Å². The number of urea groups is 1. The van der Waals surface area contributed by atoms with Crippen LogP contribution >= 0.6 is 0 Å². The number of aliphatic hydroxyl groups is 1. The number of hydrogen-bond acceptors (Lipinski definition) is 5. The van der Waals surface area contributed by atoms with Gasteiger partial charge in [0.15, 0.2) is 5.60 Å². The molecule has 0 aromatic rings. The second kappa shape index (κ2) is 5.29. The minimum absolute atomic E-state index is 0.358. The van der Waals surface area contributed by atoms with Crippen molar-refractivity contribution in [1.82, 2.24) is 10.2 Å². The molecule has 7 heteroatoms. The van der Waals surface area contributed by atoms with Gasteiger partial charge in [0, 0.05) is 0 Å². The van der Waals surface area contributed by atoms with Crippen molar-refractivity contribution in [2.75, 3.05) is 13.7 Å². The van der Waals surface area contributed by atoms with Crippen molar-refractivity contribution in [3.8, 4) is 0 Å². The Labute approximate surface area is 123 Å². The molecule has 1 saturated heterocycles. The zero-order chi connectivity index (χ0) is 15.8. The number of esters is 1. The average molecular weight is 298 g/mol. The molecule has 118 valence electrons. The number of nitrogens with zero attached hydrogens (tertiary/aromatic N) is 1. The molecule has 0 radical (unpaired) electrons. The summed E-state index contributed by atoms with van der Waals surface area (Å²) < 4.78 is 4.49. The highest BCUT2D eigenvalue weighted by Gasteiger charge is 2.54. The Morgan fingerprint density at radius 3 is 2.57 bits per heavy atom. The number of amides is 3. The monoisotopic (exact) mass is 298 g/mol. The van der Waals surface area contributed by atoms with Gasteiger partial charge in [-0.3, -0.25) is 9.69 Å². The Kier molecular flexibility index (Phi) is 3.97. The zero-order valence-electron chi connectivity index (χ0n) is 12.6. The minimum Gasteiger partial charge on any atom is -0.467 e. The summed E-state index contributed by atoms with van der Waals surface area (Å²) in [5.74, 6) is -0.697. The second-order valence-corrected chi connectivity index (χ2v) is 6.35. The molecule has 1 aliphatic carbocycles. The summed E-state index contributed by atoms with van der Waals surface area (Å²) in [4.78, 5) is 37.1. The first-order valence-electron chi connectivity index (χ1n) is 7.17. The van der Waals surface area contributed by atoms with Gasteiger partial charge in [0.05, 0.1) is 13.7 Å². The van der Waals surface area contributed by atoms with Crippen LogP contribution in [-0.2, 0) is 14.3 Å². The predicted molar refractivity (Wildman–Crippen MR) is 73.2 cm³/mol. The molecule has 3 amide bonds. The van der Waals surface area contributed by atoms with Crippen LogP contribution < -0.4 is 5.32 Å². The molecule has 2 N–H and O–H groups in total. The lowest BCUT2D eigenvalue weighted by Crippen LogP contribution is -2.52. The first kappa shape index (κ1) is 15.8. The lowest BCUT2D eigenvalue weighted by Gasteiger charge is -2.34. The second-order valence-electron chi connectivity index (χ2n) is 6.35. The molecular weight excluding hydrogens is 276 g/mol. The van der Waals surface area contributed by atoms with E-state index in [9.17, 15) is 19.5 Å². The maximum atomic E-state index is 12.6. The molecule has 1 unspecified atom stereocenters.